The van der Waals surface area contributed by atoms with Crippen molar-refractivity contribution in [1.29, 1.82) is 0 Å². The molecule has 0 bridgehead atoms. The zero-order chi connectivity index (χ0) is 15.7. The number of nitro benzene ring substituents is 1. The van der Waals surface area contributed by atoms with Crippen molar-refractivity contribution in [3.63, 3.8) is 0 Å². The van der Waals surface area contributed by atoms with Crippen molar-refractivity contribution in [3.05, 3.63) is 47.7 Å². The Kier molecular flexibility index (Phi) is 4.80. The van der Waals surface area contributed by atoms with Crippen LogP contribution in [0.2, 0.25) is 5.15 Å². The molecule has 0 aliphatic carbocycles. The molecule has 21 heavy (non-hydrogen) atoms. The standard InChI is InChI=1S/C12H8Br2ClN3O3/c1-5-11(15)16-6(2)17-12(5)21-10-8(13)3-7(18(19)20)4-9(10)14/h3-4H,1-2H3. The van der Waals surface area contributed by atoms with Crippen LogP contribution in [0.25, 0.3) is 0 Å². The maximum atomic E-state index is 10.8. The molecule has 0 N–H and O–H groups in total. The first kappa shape index (κ1) is 16.1. The molecule has 9 heteroatoms. The highest BCUT2D eigenvalue weighted by molar-refractivity contribution is 9.11. The van der Waals surface area contributed by atoms with Crippen LogP contribution in [0.4, 0.5) is 5.69 Å². The van der Waals surface area contributed by atoms with Gasteiger partial charge in [-0.3, -0.25) is 10.1 Å². The molecule has 0 fully saturated rings. The second-order valence-corrected chi connectivity index (χ2v) is 6.16. The van der Waals surface area contributed by atoms with Gasteiger partial charge in [0, 0.05) is 17.7 Å². The molecule has 2 rings (SSSR count). The average Bonchev–Trinajstić information content (AvgIpc) is 2.38. The number of hydrogen-bond donors (Lipinski definition) is 0. The Hall–Kier alpha value is -1.25. The minimum absolute atomic E-state index is 0.0604. The van der Waals surface area contributed by atoms with Gasteiger partial charge < -0.3 is 4.74 Å². The second kappa shape index (κ2) is 6.25. The van der Waals surface area contributed by atoms with Crippen LogP contribution in [-0.4, -0.2) is 14.9 Å². The molecule has 0 amide bonds. The molecular formula is C12H8Br2ClN3O3. The Labute approximate surface area is 141 Å². The van der Waals surface area contributed by atoms with Crippen molar-refractivity contribution >= 4 is 49.1 Å². The van der Waals surface area contributed by atoms with Crippen LogP contribution < -0.4 is 4.74 Å². The molecular weight excluding hydrogens is 429 g/mol. The van der Waals surface area contributed by atoms with Gasteiger partial charge in [-0.05, 0) is 45.7 Å². The fourth-order valence-corrected chi connectivity index (χ4v) is 3.04. The predicted molar refractivity (Wildman–Crippen MR) is 85.1 cm³/mol. The smallest absolute Gasteiger partial charge is 0.271 e. The molecule has 0 radical (unpaired) electrons. The first-order valence-electron chi connectivity index (χ1n) is 5.61. The number of rotatable bonds is 3. The zero-order valence-corrected chi connectivity index (χ0v) is 14.8. The summed E-state index contributed by atoms with van der Waals surface area (Å²) >= 11 is 12.5. The van der Waals surface area contributed by atoms with Crippen molar-refractivity contribution < 1.29 is 9.66 Å². The Morgan fingerprint density at radius 3 is 2.33 bits per heavy atom. The van der Waals surface area contributed by atoms with E-state index in [1.54, 1.807) is 13.8 Å². The molecule has 0 aliphatic rings. The Balaban J connectivity index is 2.48. The van der Waals surface area contributed by atoms with Crippen molar-refractivity contribution in [3.8, 4) is 11.6 Å². The molecule has 0 atom stereocenters. The van der Waals surface area contributed by atoms with Gasteiger partial charge in [-0.25, -0.2) is 4.98 Å². The van der Waals surface area contributed by atoms with Gasteiger partial charge in [0.25, 0.3) is 5.69 Å². The summed E-state index contributed by atoms with van der Waals surface area (Å²) in [4.78, 5) is 18.5. The van der Waals surface area contributed by atoms with Crippen molar-refractivity contribution in [2.75, 3.05) is 0 Å². The van der Waals surface area contributed by atoms with E-state index < -0.39 is 4.92 Å². The lowest BCUT2D eigenvalue weighted by Gasteiger charge is -2.12. The summed E-state index contributed by atoms with van der Waals surface area (Å²) in [5, 5.41) is 11.1. The Morgan fingerprint density at radius 2 is 1.81 bits per heavy atom. The van der Waals surface area contributed by atoms with Crippen molar-refractivity contribution in [1.82, 2.24) is 9.97 Å². The molecule has 0 saturated heterocycles. The number of ether oxygens (including phenoxy) is 1. The van der Waals surface area contributed by atoms with E-state index in [2.05, 4.69) is 41.8 Å². The average molecular weight is 437 g/mol. The van der Waals surface area contributed by atoms with Gasteiger partial charge in [0.15, 0.2) is 5.75 Å². The van der Waals surface area contributed by atoms with Gasteiger partial charge in [0.1, 0.15) is 11.0 Å². The maximum Gasteiger partial charge on any atom is 0.271 e. The minimum Gasteiger partial charge on any atom is -0.436 e. The first-order valence-corrected chi connectivity index (χ1v) is 7.58. The van der Waals surface area contributed by atoms with Crippen LogP contribution in [0.3, 0.4) is 0 Å². The summed E-state index contributed by atoms with van der Waals surface area (Å²) in [6, 6.07) is 2.70. The van der Waals surface area contributed by atoms with Crippen molar-refractivity contribution in [2.45, 2.75) is 13.8 Å². The van der Waals surface area contributed by atoms with Gasteiger partial charge in [-0.1, -0.05) is 11.6 Å². The molecule has 110 valence electrons. The van der Waals surface area contributed by atoms with E-state index in [-0.39, 0.29) is 5.69 Å². The molecule has 1 heterocycles. The van der Waals surface area contributed by atoms with Crippen molar-refractivity contribution in [2.24, 2.45) is 0 Å². The predicted octanol–water partition coefficient (Wildman–Crippen LogP) is 4.97. The molecule has 1 aromatic heterocycles. The number of aryl methyl sites for hydroxylation is 1. The fourth-order valence-electron chi connectivity index (χ4n) is 1.52. The third kappa shape index (κ3) is 3.50. The third-order valence-corrected chi connectivity index (χ3v) is 4.09. The van der Waals surface area contributed by atoms with Gasteiger partial charge >= 0.3 is 0 Å². The lowest BCUT2D eigenvalue weighted by atomic mass is 10.3. The topological polar surface area (TPSA) is 78.2 Å². The maximum absolute atomic E-state index is 10.8. The van der Waals surface area contributed by atoms with E-state index in [0.29, 0.717) is 37.1 Å². The molecule has 1 aromatic carbocycles. The number of hydrogen-bond acceptors (Lipinski definition) is 5. The zero-order valence-electron chi connectivity index (χ0n) is 10.9. The molecule has 2 aromatic rings. The van der Waals surface area contributed by atoms with Gasteiger partial charge in [-0.15, -0.1) is 0 Å². The van der Waals surface area contributed by atoms with Gasteiger partial charge in [0.2, 0.25) is 5.88 Å². The summed E-state index contributed by atoms with van der Waals surface area (Å²) in [5.41, 5.74) is 0.522. The Bertz CT molecular complexity index is 717. The van der Waals surface area contributed by atoms with E-state index in [4.69, 9.17) is 16.3 Å². The fraction of sp³-hybridized carbons (Fsp3) is 0.167. The number of nitrogens with zero attached hydrogens (tertiary/aromatic N) is 3. The van der Waals surface area contributed by atoms with E-state index in [1.807, 2.05) is 0 Å². The Morgan fingerprint density at radius 1 is 1.24 bits per heavy atom. The van der Waals surface area contributed by atoms with E-state index >= 15 is 0 Å². The first-order chi connectivity index (χ1) is 9.79. The normalized spacial score (nSPS) is 10.5. The van der Waals surface area contributed by atoms with Crippen LogP contribution >= 0.6 is 43.5 Å². The number of non-ortho nitro benzene ring substituents is 1. The molecule has 0 saturated carbocycles. The number of nitro groups is 1. The lowest BCUT2D eigenvalue weighted by molar-refractivity contribution is -0.385. The lowest BCUT2D eigenvalue weighted by Crippen LogP contribution is -1.99. The van der Waals surface area contributed by atoms with Crippen LogP contribution in [0.15, 0.2) is 21.1 Å². The largest absolute Gasteiger partial charge is 0.436 e. The van der Waals surface area contributed by atoms with E-state index in [0.717, 1.165) is 0 Å². The van der Waals surface area contributed by atoms with E-state index in [9.17, 15) is 10.1 Å². The highest BCUT2D eigenvalue weighted by atomic mass is 79.9. The minimum atomic E-state index is -0.490. The van der Waals surface area contributed by atoms with Crippen LogP contribution in [0.5, 0.6) is 11.6 Å². The monoisotopic (exact) mass is 435 g/mol. The second-order valence-electron chi connectivity index (χ2n) is 4.09. The summed E-state index contributed by atoms with van der Waals surface area (Å²) in [6.07, 6.45) is 0. The number of aromatic nitrogens is 2. The molecule has 0 spiro atoms. The summed E-state index contributed by atoms with van der Waals surface area (Å²) in [7, 11) is 0. The number of benzene rings is 1. The molecule has 6 nitrogen and oxygen atoms in total. The highest BCUT2D eigenvalue weighted by Gasteiger charge is 2.18. The summed E-state index contributed by atoms with van der Waals surface area (Å²) in [5.74, 6) is 1.13. The number of halogens is 3. The van der Waals surface area contributed by atoms with Gasteiger partial charge in [-0.2, -0.15) is 4.98 Å². The van der Waals surface area contributed by atoms with Crippen LogP contribution in [0, 0.1) is 24.0 Å². The van der Waals surface area contributed by atoms with E-state index in [1.165, 1.54) is 12.1 Å². The van der Waals surface area contributed by atoms with Crippen LogP contribution in [-0.2, 0) is 0 Å². The SMILES string of the molecule is Cc1nc(Cl)c(C)c(Oc2c(Br)cc([N+](=O)[O-])cc2Br)n1. The molecule has 0 aliphatic heterocycles. The quantitative estimate of drug-likeness (QED) is 0.385. The van der Waals surface area contributed by atoms with Gasteiger partial charge in [0.05, 0.1) is 13.9 Å². The summed E-state index contributed by atoms with van der Waals surface area (Å²) in [6.45, 7) is 3.42. The van der Waals surface area contributed by atoms with Crippen LogP contribution in [0.1, 0.15) is 11.4 Å². The highest BCUT2D eigenvalue weighted by Crippen LogP contribution is 2.40. The summed E-state index contributed by atoms with van der Waals surface area (Å²) < 4.78 is 6.57. The third-order valence-electron chi connectivity index (χ3n) is 2.55. The molecule has 0 unspecified atom stereocenters.